The van der Waals surface area contributed by atoms with Crippen molar-refractivity contribution in [2.24, 2.45) is 0 Å². The summed E-state index contributed by atoms with van der Waals surface area (Å²) in [6, 6.07) is 2.16. The fourth-order valence-electron chi connectivity index (χ4n) is 1.87. The fraction of sp³-hybridized carbons (Fsp3) is 0.417. The van der Waals surface area contributed by atoms with Crippen molar-refractivity contribution in [3.63, 3.8) is 0 Å². The summed E-state index contributed by atoms with van der Waals surface area (Å²) in [5, 5.41) is 3.27. The van der Waals surface area contributed by atoms with Gasteiger partial charge in [-0.1, -0.05) is 0 Å². The molecule has 2 heterocycles. The summed E-state index contributed by atoms with van der Waals surface area (Å²) in [6.07, 6.45) is 6.87. The zero-order chi connectivity index (χ0) is 10.7. The molecule has 0 aliphatic carbocycles. The summed E-state index contributed by atoms with van der Waals surface area (Å²) >= 11 is 0. The van der Waals surface area contributed by atoms with Crippen LogP contribution in [0, 0.1) is 6.92 Å². The molecule has 1 unspecified atom stereocenters. The SMILES string of the molecule is CNC(C1=CCCO1)c1cnccc1C. The van der Waals surface area contributed by atoms with Crippen LogP contribution in [0.3, 0.4) is 0 Å². The Labute approximate surface area is 90.2 Å². The van der Waals surface area contributed by atoms with Gasteiger partial charge in [0.15, 0.2) is 0 Å². The normalized spacial score (nSPS) is 17.1. The van der Waals surface area contributed by atoms with E-state index in [-0.39, 0.29) is 6.04 Å². The minimum atomic E-state index is 0.140. The van der Waals surface area contributed by atoms with Crippen LogP contribution in [0.1, 0.15) is 23.6 Å². The van der Waals surface area contributed by atoms with Crippen LogP contribution in [0.2, 0.25) is 0 Å². The zero-order valence-corrected chi connectivity index (χ0v) is 9.16. The predicted octanol–water partition coefficient (Wildman–Crippen LogP) is 1.95. The molecular formula is C12H16N2O. The maximum atomic E-state index is 5.59. The minimum Gasteiger partial charge on any atom is -0.496 e. The van der Waals surface area contributed by atoms with Gasteiger partial charge < -0.3 is 10.1 Å². The molecule has 3 heteroatoms. The van der Waals surface area contributed by atoms with Crippen LogP contribution in [0.15, 0.2) is 30.3 Å². The Morgan fingerprint density at radius 2 is 2.40 bits per heavy atom. The van der Waals surface area contributed by atoms with E-state index < -0.39 is 0 Å². The highest BCUT2D eigenvalue weighted by Crippen LogP contribution is 2.27. The average molecular weight is 204 g/mol. The Bertz CT molecular complexity index is 374. The van der Waals surface area contributed by atoms with Gasteiger partial charge in [-0.25, -0.2) is 0 Å². The molecule has 0 saturated heterocycles. The summed E-state index contributed by atoms with van der Waals surface area (Å²) < 4.78 is 5.59. The molecular weight excluding hydrogens is 188 g/mol. The summed E-state index contributed by atoms with van der Waals surface area (Å²) in [5.41, 5.74) is 2.42. The molecule has 1 aromatic heterocycles. The first-order valence-corrected chi connectivity index (χ1v) is 5.23. The van der Waals surface area contributed by atoms with Crippen molar-refractivity contribution in [2.75, 3.05) is 13.7 Å². The third kappa shape index (κ3) is 2.02. The molecule has 1 N–H and O–H groups in total. The van der Waals surface area contributed by atoms with Gasteiger partial charge in [0.25, 0.3) is 0 Å². The number of nitrogens with zero attached hydrogens (tertiary/aromatic N) is 1. The second kappa shape index (κ2) is 4.45. The Kier molecular flexibility index (Phi) is 3.02. The van der Waals surface area contributed by atoms with E-state index in [0.29, 0.717) is 0 Å². The minimum absolute atomic E-state index is 0.140. The molecule has 0 radical (unpaired) electrons. The standard InChI is InChI=1S/C12H16N2O/c1-9-5-6-14-8-10(9)12(13-2)11-4-3-7-15-11/h4-6,8,12-13H,3,7H2,1-2H3. The highest BCUT2D eigenvalue weighted by Gasteiger charge is 2.20. The average Bonchev–Trinajstić information content (AvgIpc) is 2.75. The van der Waals surface area contributed by atoms with Crippen molar-refractivity contribution in [3.05, 3.63) is 41.4 Å². The summed E-state index contributed by atoms with van der Waals surface area (Å²) in [4.78, 5) is 4.16. The van der Waals surface area contributed by atoms with Gasteiger partial charge in [0, 0.05) is 18.8 Å². The van der Waals surface area contributed by atoms with E-state index in [4.69, 9.17) is 4.74 Å². The van der Waals surface area contributed by atoms with Crippen LogP contribution < -0.4 is 5.32 Å². The van der Waals surface area contributed by atoms with Gasteiger partial charge in [-0.3, -0.25) is 4.98 Å². The lowest BCUT2D eigenvalue weighted by Gasteiger charge is -2.19. The van der Waals surface area contributed by atoms with Crippen LogP contribution in [0.5, 0.6) is 0 Å². The van der Waals surface area contributed by atoms with E-state index in [0.717, 1.165) is 18.8 Å². The maximum absolute atomic E-state index is 5.59. The predicted molar refractivity (Wildman–Crippen MR) is 59.4 cm³/mol. The number of hydrogen-bond acceptors (Lipinski definition) is 3. The number of nitrogens with one attached hydrogen (secondary N) is 1. The van der Waals surface area contributed by atoms with Gasteiger partial charge in [0.2, 0.25) is 0 Å². The van der Waals surface area contributed by atoms with Crippen LogP contribution >= 0.6 is 0 Å². The lowest BCUT2D eigenvalue weighted by atomic mass is 10.0. The number of aromatic nitrogens is 1. The highest BCUT2D eigenvalue weighted by atomic mass is 16.5. The first kappa shape index (κ1) is 10.2. The smallest absolute Gasteiger partial charge is 0.114 e. The Balaban J connectivity index is 2.30. The quantitative estimate of drug-likeness (QED) is 0.817. The maximum Gasteiger partial charge on any atom is 0.114 e. The number of hydrogen-bond donors (Lipinski definition) is 1. The van der Waals surface area contributed by atoms with Gasteiger partial charge in [-0.2, -0.15) is 0 Å². The van der Waals surface area contributed by atoms with Gasteiger partial charge in [-0.05, 0) is 37.2 Å². The van der Waals surface area contributed by atoms with Crippen molar-refractivity contribution in [1.82, 2.24) is 10.3 Å². The highest BCUT2D eigenvalue weighted by molar-refractivity contribution is 5.30. The molecule has 1 aliphatic heterocycles. The van der Waals surface area contributed by atoms with Crippen LogP contribution in [-0.2, 0) is 4.74 Å². The fourth-order valence-corrected chi connectivity index (χ4v) is 1.87. The van der Waals surface area contributed by atoms with Crippen molar-refractivity contribution >= 4 is 0 Å². The molecule has 1 aliphatic rings. The topological polar surface area (TPSA) is 34.1 Å². The monoisotopic (exact) mass is 204 g/mol. The van der Waals surface area contributed by atoms with Crippen molar-refractivity contribution in [1.29, 1.82) is 0 Å². The van der Waals surface area contributed by atoms with Crippen molar-refractivity contribution in [2.45, 2.75) is 19.4 Å². The van der Waals surface area contributed by atoms with Crippen molar-refractivity contribution in [3.8, 4) is 0 Å². The Hall–Kier alpha value is -1.35. The molecule has 0 amide bonds. The molecule has 1 aromatic rings. The lowest BCUT2D eigenvalue weighted by molar-refractivity contribution is 0.217. The summed E-state index contributed by atoms with van der Waals surface area (Å²) in [6.45, 7) is 2.89. The Morgan fingerprint density at radius 3 is 3.00 bits per heavy atom. The van der Waals surface area contributed by atoms with E-state index in [1.165, 1.54) is 11.1 Å². The first-order chi connectivity index (χ1) is 7.33. The largest absolute Gasteiger partial charge is 0.496 e. The molecule has 3 nitrogen and oxygen atoms in total. The van der Waals surface area contributed by atoms with Gasteiger partial charge in [0.1, 0.15) is 5.76 Å². The van der Waals surface area contributed by atoms with Crippen LogP contribution in [-0.4, -0.2) is 18.6 Å². The van der Waals surface area contributed by atoms with Gasteiger partial charge in [0.05, 0.1) is 12.6 Å². The molecule has 80 valence electrons. The molecule has 0 spiro atoms. The first-order valence-electron chi connectivity index (χ1n) is 5.23. The molecule has 0 fully saturated rings. The molecule has 15 heavy (non-hydrogen) atoms. The number of ether oxygens (including phenoxy) is 1. The third-order valence-electron chi connectivity index (χ3n) is 2.70. The zero-order valence-electron chi connectivity index (χ0n) is 9.16. The van der Waals surface area contributed by atoms with Gasteiger partial charge >= 0.3 is 0 Å². The van der Waals surface area contributed by atoms with Crippen molar-refractivity contribution < 1.29 is 4.74 Å². The molecule has 2 rings (SSSR count). The van der Waals surface area contributed by atoms with Crippen LogP contribution in [0.4, 0.5) is 0 Å². The van der Waals surface area contributed by atoms with E-state index >= 15 is 0 Å². The molecule has 0 aromatic carbocycles. The van der Waals surface area contributed by atoms with E-state index in [9.17, 15) is 0 Å². The second-order valence-electron chi connectivity index (χ2n) is 3.70. The third-order valence-corrected chi connectivity index (χ3v) is 2.70. The van der Waals surface area contributed by atoms with Gasteiger partial charge in [-0.15, -0.1) is 0 Å². The van der Waals surface area contributed by atoms with E-state index in [1.54, 1.807) is 0 Å². The number of rotatable bonds is 3. The molecule has 0 saturated carbocycles. The second-order valence-corrected chi connectivity index (χ2v) is 3.70. The van der Waals surface area contributed by atoms with E-state index in [2.05, 4.69) is 23.3 Å². The Morgan fingerprint density at radius 1 is 1.53 bits per heavy atom. The lowest BCUT2D eigenvalue weighted by Crippen LogP contribution is -2.20. The summed E-state index contributed by atoms with van der Waals surface area (Å²) in [5.74, 6) is 1.02. The molecule has 1 atom stereocenters. The number of likely N-dealkylation sites (N-methyl/N-ethyl adjacent to an activating group) is 1. The van der Waals surface area contributed by atoms with Crippen LogP contribution in [0.25, 0.3) is 0 Å². The van der Waals surface area contributed by atoms with E-state index in [1.807, 2.05) is 25.5 Å². The number of pyridine rings is 1. The summed E-state index contributed by atoms with van der Waals surface area (Å²) in [7, 11) is 1.94. The molecule has 0 bridgehead atoms. The number of aryl methyl sites for hydroxylation is 1.